The molecule has 20 heavy (non-hydrogen) atoms. The Kier molecular flexibility index (Phi) is 3.19. The van der Waals surface area contributed by atoms with Crippen molar-refractivity contribution in [3.05, 3.63) is 23.8 Å². The van der Waals surface area contributed by atoms with Gasteiger partial charge in [0, 0.05) is 25.2 Å². The van der Waals surface area contributed by atoms with Gasteiger partial charge in [-0.05, 0) is 18.2 Å². The van der Waals surface area contributed by atoms with Gasteiger partial charge in [0.05, 0.1) is 0 Å². The molecule has 0 spiro atoms. The number of rotatable bonds is 2. The van der Waals surface area contributed by atoms with Crippen molar-refractivity contribution < 1.29 is 24.2 Å². The van der Waals surface area contributed by atoms with Gasteiger partial charge in [0.1, 0.15) is 6.04 Å². The van der Waals surface area contributed by atoms with E-state index in [1.807, 2.05) is 0 Å². The molecule has 1 aromatic carbocycles. The van der Waals surface area contributed by atoms with Crippen molar-refractivity contribution >= 4 is 11.9 Å². The summed E-state index contributed by atoms with van der Waals surface area (Å²) < 4.78 is 10.4. The van der Waals surface area contributed by atoms with Crippen molar-refractivity contribution in [2.75, 3.05) is 26.4 Å². The molecule has 1 saturated heterocycles. The Morgan fingerprint density at radius 2 is 2.10 bits per heavy atom. The summed E-state index contributed by atoms with van der Waals surface area (Å²) in [7, 11) is 0. The molecule has 0 saturated carbocycles. The maximum Gasteiger partial charge on any atom is 0.322 e. The van der Waals surface area contributed by atoms with Crippen LogP contribution in [0.2, 0.25) is 0 Å². The monoisotopic (exact) mass is 278 g/mol. The second kappa shape index (κ2) is 5.01. The highest BCUT2D eigenvalue weighted by molar-refractivity contribution is 5.95. The van der Waals surface area contributed by atoms with Gasteiger partial charge in [0.25, 0.3) is 5.91 Å². The van der Waals surface area contributed by atoms with Gasteiger partial charge in [-0.1, -0.05) is 0 Å². The molecule has 1 fully saturated rings. The lowest BCUT2D eigenvalue weighted by molar-refractivity contribution is -0.140. The summed E-state index contributed by atoms with van der Waals surface area (Å²) in [5, 5.41) is 11.9. The average molecular weight is 278 g/mol. The summed E-state index contributed by atoms with van der Waals surface area (Å²) in [6.45, 7) is 1.26. The third-order valence-electron chi connectivity index (χ3n) is 3.38. The highest BCUT2D eigenvalue weighted by Crippen LogP contribution is 2.32. The van der Waals surface area contributed by atoms with Gasteiger partial charge in [-0.15, -0.1) is 0 Å². The number of ether oxygens (including phenoxy) is 2. The predicted molar refractivity (Wildman–Crippen MR) is 67.9 cm³/mol. The van der Waals surface area contributed by atoms with E-state index in [2.05, 4.69) is 5.32 Å². The normalized spacial score (nSPS) is 20.8. The number of carboxylic acids is 1. The molecule has 1 aromatic rings. The van der Waals surface area contributed by atoms with Gasteiger partial charge >= 0.3 is 5.97 Å². The first-order valence-electron chi connectivity index (χ1n) is 6.30. The molecule has 2 aliphatic rings. The Balaban J connectivity index is 1.76. The summed E-state index contributed by atoms with van der Waals surface area (Å²) in [6, 6.07) is 4.25. The lowest BCUT2D eigenvalue weighted by atomic mass is 10.1. The van der Waals surface area contributed by atoms with E-state index in [-0.39, 0.29) is 19.2 Å². The number of hydrogen-bond donors (Lipinski definition) is 2. The quantitative estimate of drug-likeness (QED) is 0.786. The fraction of sp³-hybridized carbons (Fsp3) is 0.385. The van der Waals surface area contributed by atoms with Crippen molar-refractivity contribution in [1.29, 1.82) is 0 Å². The lowest BCUT2D eigenvalue weighted by Crippen LogP contribution is -2.55. The summed E-state index contributed by atoms with van der Waals surface area (Å²) >= 11 is 0. The van der Waals surface area contributed by atoms with Crippen molar-refractivity contribution in [2.45, 2.75) is 6.04 Å². The Morgan fingerprint density at radius 1 is 1.30 bits per heavy atom. The first-order chi connectivity index (χ1) is 9.65. The van der Waals surface area contributed by atoms with Crippen LogP contribution in [0.3, 0.4) is 0 Å². The fourth-order valence-corrected chi connectivity index (χ4v) is 2.31. The SMILES string of the molecule is O=C(O)C1CN(C(=O)c2ccc3c(c2)OCO3)CCN1. The second-order valence-electron chi connectivity index (χ2n) is 4.66. The van der Waals surface area contributed by atoms with Crippen molar-refractivity contribution in [1.82, 2.24) is 10.2 Å². The van der Waals surface area contributed by atoms with Crippen LogP contribution in [0.5, 0.6) is 11.5 Å². The van der Waals surface area contributed by atoms with Crippen LogP contribution < -0.4 is 14.8 Å². The van der Waals surface area contributed by atoms with Gasteiger partial charge in [-0.2, -0.15) is 0 Å². The molecule has 1 amide bonds. The Morgan fingerprint density at radius 3 is 2.90 bits per heavy atom. The summed E-state index contributed by atoms with van der Waals surface area (Å²) in [5.41, 5.74) is 0.472. The van der Waals surface area contributed by atoms with Gasteiger partial charge in [-0.3, -0.25) is 9.59 Å². The third-order valence-corrected chi connectivity index (χ3v) is 3.38. The van der Waals surface area contributed by atoms with E-state index in [1.165, 1.54) is 4.90 Å². The van der Waals surface area contributed by atoms with Crippen LogP contribution in [0.1, 0.15) is 10.4 Å². The molecule has 0 bridgehead atoms. The maximum absolute atomic E-state index is 12.4. The number of piperazine rings is 1. The van der Waals surface area contributed by atoms with E-state index >= 15 is 0 Å². The smallest absolute Gasteiger partial charge is 0.322 e. The molecular weight excluding hydrogens is 264 g/mol. The maximum atomic E-state index is 12.4. The molecule has 2 aliphatic heterocycles. The van der Waals surface area contributed by atoms with E-state index < -0.39 is 12.0 Å². The zero-order chi connectivity index (χ0) is 14.1. The van der Waals surface area contributed by atoms with Crippen molar-refractivity contribution in [2.24, 2.45) is 0 Å². The van der Waals surface area contributed by atoms with Gasteiger partial charge < -0.3 is 24.8 Å². The summed E-state index contributed by atoms with van der Waals surface area (Å²) in [4.78, 5) is 24.9. The number of carboxylic acid groups (broad SMARTS) is 1. The highest BCUT2D eigenvalue weighted by Gasteiger charge is 2.28. The topological polar surface area (TPSA) is 88.1 Å². The summed E-state index contributed by atoms with van der Waals surface area (Å²) in [5.74, 6) is 0.00952. The zero-order valence-corrected chi connectivity index (χ0v) is 10.7. The molecular formula is C13H14N2O5. The third kappa shape index (κ3) is 2.27. The minimum atomic E-state index is -0.951. The van der Waals surface area contributed by atoms with Crippen LogP contribution >= 0.6 is 0 Å². The minimum Gasteiger partial charge on any atom is -0.480 e. The van der Waals surface area contributed by atoms with E-state index in [0.29, 0.717) is 30.2 Å². The number of carbonyl (C=O) groups excluding carboxylic acids is 1. The number of benzene rings is 1. The minimum absolute atomic E-state index is 0.154. The lowest BCUT2D eigenvalue weighted by Gasteiger charge is -2.31. The molecule has 3 rings (SSSR count). The number of nitrogens with zero attached hydrogens (tertiary/aromatic N) is 1. The standard InChI is InChI=1S/C13H14N2O5/c16-12(15-4-3-14-9(6-15)13(17)18)8-1-2-10-11(5-8)20-7-19-10/h1-2,5,9,14H,3-4,6-7H2,(H,17,18). The number of amides is 1. The fourth-order valence-electron chi connectivity index (χ4n) is 2.31. The van der Waals surface area contributed by atoms with Crippen molar-refractivity contribution in [3.63, 3.8) is 0 Å². The molecule has 1 atom stereocenters. The zero-order valence-electron chi connectivity index (χ0n) is 10.7. The number of nitrogens with one attached hydrogen (secondary N) is 1. The Hall–Kier alpha value is -2.28. The van der Waals surface area contributed by atoms with Crippen LogP contribution in [-0.2, 0) is 4.79 Å². The first kappa shape index (κ1) is 12.7. The number of aliphatic carboxylic acids is 1. The average Bonchev–Trinajstić information content (AvgIpc) is 2.94. The molecule has 1 unspecified atom stereocenters. The second-order valence-corrected chi connectivity index (χ2v) is 4.66. The molecule has 0 aliphatic carbocycles. The van der Waals surface area contributed by atoms with Crippen LogP contribution in [-0.4, -0.2) is 54.4 Å². The number of carbonyl (C=O) groups is 2. The molecule has 7 heteroatoms. The van der Waals surface area contributed by atoms with Gasteiger partial charge in [0.2, 0.25) is 6.79 Å². The van der Waals surface area contributed by atoms with Crippen LogP contribution in [0.15, 0.2) is 18.2 Å². The summed E-state index contributed by atoms with van der Waals surface area (Å²) in [6.07, 6.45) is 0. The first-order valence-corrected chi connectivity index (χ1v) is 6.30. The van der Waals surface area contributed by atoms with Crippen molar-refractivity contribution in [3.8, 4) is 11.5 Å². The molecule has 2 heterocycles. The number of hydrogen-bond acceptors (Lipinski definition) is 5. The van der Waals surface area contributed by atoms with Gasteiger partial charge in [-0.25, -0.2) is 0 Å². The predicted octanol–water partition coefficient (Wildman–Crippen LogP) is -0.0861. The van der Waals surface area contributed by atoms with Crippen LogP contribution in [0.4, 0.5) is 0 Å². The highest BCUT2D eigenvalue weighted by atomic mass is 16.7. The van der Waals surface area contributed by atoms with E-state index in [0.717, 1.165) is 0 Å². The van der Waals surface area contributed by atoms with Crippen LogP contribution in [0, 0.1) is 0 Å². The number of fused-ring (bicyclic) bond motifs is 1. The Bertz CT molecular complexity index is 560. The molecule has 2 N–H and O–H groups in total. The van der Waals surface area contributed by atoms with E-state index in [4.69, 9.17) is 14.6 Å². The van der Waals surface area contributed by atoms with E-state index in [1.54, 1.807) is 18.2 Å². The van der Waals surface area contributed by atoms with Gasteiger partial charge in [0.15, 0.2) is 11.5 Å². The Labute approximate surface area is 115 Å². The van der Waals surface area contributed by atoms with Crippen LogP contribution in [0.25, 0.3) is 0 Å². The van der Waals surface area contributed by atoms with E-state index in [9.17, 15) is 9.59 Å². The largest absolute Gasteiger partial charge is 0.480 e. The molecule has 7 nitrogen and oxygen atoms in total. The molecule has 0 radical (unpaired) electrons. The molecule has 106 valence electrons. The molecule has 0 aromatic heterocycles.